The van der Waals surface area contributed by atoms with Crippen molar-refractivity contribution in [2.45, 2.75) is 37.5 Å². The first-order valence-electron chi connectivity index (χ1n) is 7.36. The standard InChI is InChI=1S/C15H24N2O3S/c1-12(11-16-14-6-7-14)21(18,19)17-9-8-13-4-3-5-15(10-13)20-2/h3-5,10,12,14,16-17H,6-9,11H2,1-2H3. The van der Waals surface area contributed by atoms with E-state index in [0.29, 0.717) is 25.6 Å². The number of benzene rings is 1. The monoisotopic (exact) mass is 312 g/mol. The molecule has 1 fully saturated rings. The second-order valence-corrected chi connectivity index (χ2v) is 7.72. The lowest BCUT2D eigenvalue weighted by molar-refractivity contribution is 0.414. The molecule has 1 aliphatic carbocycles. The van der Waals surface area contributed by atoms with Gasteiger partial charge in [-0.2, -0.15) is 0 Å². The topological polar surface area (TPSA) is 67.4 Å². The van der Waals surface area contributed by atoms with Gasteiger partial charge >= 0.3 is 0 Å². The van der Waals surface area contributed by atoms with Crippen LogP contribution < -0.4 is 14.8 Å². The molecule has 0 spiro atoms. The molecule has 2 N–H and O–H groups in total. The van der Waals surface area contributed by atoms with E-state index in [4.69, 9.17) is 4.74 Å². The van der Waals surface area contributed by atoms with Crippen LogP contribution in [-0.2, 0) is 16.4 Å². The van der Waals surface area contributed by atoms with E-state index >= 15 is 0 Å². The highest BCUT2D eigenvalue weighted by atomic mass is 32.2. The lowest BCUT2D eigenvalue weighted by Gasteiger charge is -2.14. The first-order valence-corrected chi connectivity index (χ1v) is 8.90. The molecule has 0 radical (unpaired) electrons. The molecular formula is C15H24N2O3S. The van der Waals surface area contributed by atoms with Gasteiger partial charge in [-0.15, -0.1) is 0 Å². The van der Waals surface area contributed by atoms with Gasteiger partial charge in [0.1, 0.15) is 5.75 Å². The fourth-order valence-electron chi connectivity index (χ4n) is 2.04. The summed E-state index contributed by atoms with van der Waals surface area (Å²) in [6.07, 6.45) is 2.98. The quantitative estimate of drug-likeness (QED) is 0.721. The summed E-state index contributed by atoms with van der Waals surface area (Å²) in [5.74, 6) is 0.789. The summed E-state index contributed by atoms with van der Waals surface area (Å²) in [4.78, 5) is 0. The SMILES string of the molecule is COc1cccc(CCNS(=O)(=O)C(C)CNC2CC2)c1. The van der Waals surface area contributed by atoms with E-state index < -0.39 is 15.3 Å². The second-order valence-electron chi connectivity index (χ2n) is 5.53. The van der Waals surface area contributed by atoms with Crippen molar-refractivity contribution in [1.29, 1.82) is 0 Å². The van der Waals surface area contributed by atoms with Gasteiger partial charge in [-0.25, -0.2) is 13.1 Å². The van der Waals surface area contributed by atoms with Gasteiger partial charge in [0.15, 0.2) is 0 Å². The van der Waals surface area contributed by atoms with Crippen LogP contribution in [0, 0.1) is 0 Å². The maximum absolute atomic E-state index is 12.1. The highest BCUT2D eigenvalue weighted by Crippen LogP contribution is 2.18. The molecule has 1 saturated carbocycles. The fraction of sp³-hybridized carbons (Fsp3) is 0.600. The third kappa shape index (κ3) is 5.30. The van der Waals surface area contributed by atoms with Gasteiger partial charge in [-0.3, -0.25) is 0 Å². The predicted octanol–water partition coefficient (Wildman–Crippen LogP) is 1.30. The summed E-state index contributed by atoms with van der Waals surface area (Å²) in [5.41, 5.74) is 1.06. The third-order valence-electron chi connectivity index (χ3n) is 3.65. The Morgan fingerprint density at radius 1 is 1.38 bits per heavy atom. The number of nitrogens with one attached hydrogen (secondary N) is 2. The Labute approximate surface area is 127 Å². The summed E-state index contributed by atoms with van der Waals surface area (Å²) in [7, 11) is -1.64. The number of hydrogen-bond acceptors (Lipinski definition) is 4. The zero-order valence-electron chi connectivity index (χ0n) is 12.6. The van der Waals surface area contributed by atoms with Crippen LogP contribution in [0.4, 0.5) is 0 Å². The van der Waals surface area contributed by atoms with E-state index in [9.17, 15) is 8.42 Å². The minimum atomic E-state index is -3.26. The molecule has 0 bridgehead atoms. The Balaban J connectivity index is 1.77. The molecule has 2 rings (SSSR count). The second kappa shape index (κ2) is 7.24. The molecule has 5 nitrogen and oxygen atoms in total. The molecule has 6 heteroatoms. The molecular weight excluding hydrogens is 288 g/mol. The molecule has 0 saturated heterocycles. The van der Waals surface area contributed by atoms with Crippen molar-refractivity contribution in [2.24, 2.45) is 0 Å². The summed E-state index contributed by atoms with van der Waals surface area (Å²) in [6.45, 7) is 2.66. The molecule has 1 atom stereocenters. The number of methoxy groups -OCH3 is 1. The zero-order valence-corrected chi connectivity index (χ0v) is 13.4. The summed E-state index contributed by atoms with van der Waals surface area (Å²) in [6, 6.07) is 8.20. The number of ether oxygens (including phenoxy) is 1. The van der Waals surface area contributed by atoms with E-state index in [1.54, 1.807) is 14.0 Å². The molecule has 0 aliphatic heterocycles. The maximum Gasteiger partial charge on any atom is 0.215 e. The van der Waals surface area contributed by atoms with Gasteiger partial charge < -0.3 is 10.1 Å². The van der Waals surface area contributed by atoms with Crippen molar-refractivity contribution >= 4 is 10.0 Å². The first-order chi connectivity index (χ1) is 10.0. The van der Waals surface area contributed by atoms with E-state index in [0.717, 1.165) is 24.2 Å². The van der Waals surface area contributed by atoms with Crippen LogP contribution in [-0.4, -0.2) is 39.9 Å². The fourth-order valence-corrected chi connectivity index (χ4v) is 3.02. The van der Waals surface area contributed by atoms with Crippen molar-refractivity contribution < 1.29 is 13.2 Å². The van der Waals surface area contributed by atoms with Crippen LogP contribution >= 0.6 is 0 Å². The third-order valence-corrected chi connectivity index (χ3v) is 5.48. The van der Waals surface area contributed by atoms with Gasteiger partial charge in [-0.05, 0) is 43.9 Å². The van der Waals surface area contributed by atoms with Gasteiger partial charge in [0.05, 0.1) is 12.4 Å². The van der Waals surface area contributed by atoms with Crippen molar-refractivity contribution in [1.82, 2.24) is 10.0 Å². The maximum atomic E-state index is 12.1. The number of rotatable bonds is 9. The Bertz CT molecular complexity index is 556. The van der Waals surface area contributed by atoms with E-state index in [-0.39, 0.29) is 0 Å². The highest BCUT2D eigenvalue weighted by molar-refractivity contribution is 7.90. The van der Waals surface area contributed by atoms with E-state index in [1.807, 2.05) is 24.3 Å². The van der Waals surface area contributed by atoms with Crippen LogP contribution in [0.1, 0.15) is 25.3 Å². The number of hydrogen-bond donors (Lipinski definition) is 2. The molecule has 21 heavy (non-hydrogen) atoms. The van der Waals surface area contributed by atoms with Gasteiger partial charge in [-0.1, -0.05) is 12.1 Å². The molecule has 0 heterocycles. The van der Waals surface area contributed by atoms with Crippen molar-refractivity contribution in [3.63, 3.8) is 0 Å². The van der Waals surface area contributed by atoms with Crippen molar-refractivity contribution in [3.8, 4) is 5.75 Å². The van der Waals surface area contributed by atoms with Crippen LogP contribution in [0.15, 0.2) is 24.3 Å². The predicted molar refractivity (Wildman–Crippen MR) is 84.1 cm³/mol. The van der Waals surface area contributed by atoms with Crippen LogP contribution in [0.3, 0.4) is 0 Å². The van der Waals surface area contributed by atoms with E-state index in [1.165, 1.54) is 0 Å². The highest BCUT2D eigenvalue weighted by Gasteiger charge is 2.25. The first kappa shape index (κ1) is 16.3. The Kier molecular flexibility index (Phi) is 5.61. The molecule has 0 aromatic heterocycles. The Morgan fingerprint density at radius 3 is 2.81 bits per heavy atom. The normalized spacial score (nSPS) is 16.7. The number of sulfonamides is 1. The molecule has 1 aliphatic rings. The minimum Gasteiger partial charge on any atom is -0.497 e. The largest absolute Gasteiger partial charge is 0.497 e. The summed E-state index contributed by atoms with van der Waals surface area (Å²) in [5, 5.41) is 2.84. The minimum absolute atomic E-state index is 0.406. The van der Waals surface area contributed by atoms with Crippen LogP contribution in [0.2, 0.25) is 0 Å². The van der Waals surface area contributed by atoms with Crippen molar-refractivity contribution in [3.05, 3.63) is 29.8 Å². The average Bonchev–Trinajstić information content (AvgIpc) is 3.29. The Hall–Kier alpha value is -1.11. The average molecular weight is 312 g/mol. The lowest BCUT2D eigenvalue weighted by Crippen LogP contribution is -2.40. The van der Waals surface area contributed by atoms with Gasteiger partial charge in [0.25, 0.3) is 0 Å². The lowest BCUT2D eigenvalue weighted by atomic mass is 10.1. The summed E-state index contributed by atoms with van der Waals surface area (Å²) >= 11 is 0. The molecule has 1 aromatic carbocycles. The summed E-state index contributed by atoms with van der Waals surface area (Å²) < 4.78 is 32.0. The van der Waals surface area contributed by atoms with Crippen LogP contribution in [0.5, 0.6) is 5.75 Å². The molecule has 0 amide bonds. The molecule has 118 valence electrons. The molecule has 1 unspecified atom stereocenters. The van der Waals surface area contributed by atoms with E-state index in [2.05, 4.69) is 10.0 Å². The Morgan fingerprint density at radius 2 is 2.14 bits per heavy atom. The van der Waals surface area contributed by atoms with Gasteiger partial charge in [0.2, 0.25) is 10.0 Å². The van der Waals surface area contributed by atoms with Crippen LogP contribution in [0.25, 0.3) is 0 Å². The zero-order chi connectivity index (χ0) is 15.3. The smallest absolute Gasteiger partial charge is 0.215 e. The van der Waals surface area contributed by atoms with Gasteiger partial charge in [0, 0.05) is 19.1 Å². The van der Waals surface area contributed by atoms with Crippen molar-refractivity contribution in [2.75, 3.05) is 20.2 Å². The molecule has 1 aromatic rings.